The van der Waals surface area contributed by atoms with Crippen LogP contribution in [0.5, 0.6) is 0 Å². The zero-order valence-electron chi connectivity index (χ0n) is 75.6. The number of aryl methyl sites for hydroxylation is 4. The van der Waals surface area contributed by atoms with Crippen molar-refractivity contribution in [3.05, 3.63) is 312 Å². The first kappa shape index (κ1) is 109. The Morgan fingerprint density at radius 3 is 0.788 bits per heavy atom. The number of hydrogen-bond donors (Lipinski definition) is 6. The van der Waals surface area contributed by atoms with Crippen molar-refractivity contribution in [2.24, 2.45) is 81.8 Å². The molecule has 1 aliphatic heterocycles. The van der Waals surface area contributed by atoms with E-state index in [1.165, 1.54) is 72.8 Å². The van der Waals surface area contributed by atoms with Gasteiger partial charge in [0.15, 0.2) is 0 Å². The van der Waals surface area contributed by atoms with Gasteiger partial charge in [0, 0.05) is 50.4 Å². The largest absolute Gasteiger partial charge is 0.425 e. The number of azo groups is 8. The second-order valence-corrected chi connectivity index (χ2v) is 37.1. The molecule has 0 spiro atoms. The number of nitrogens with zero attached hydrogens (tertiary/aromatic N) is 24. The molecule has 3 heterocycles. The van der Waals surface area contributed by atoms with Crippen molar-refractivity contribution in [1.82, 2.24) is 29.9 Å². The van der Waals surface area contributed by atoms with Crippen molar-refractivity contribution >= 4 is 209 Å². The Kier molecular flexibility index (Phi) is 38.1. The van der Waals surface area contributed by atoms with Crippen molar-refractivity contribution in [1.29, 1.82) is 0 Å². The van der Waals surface area contributed by atoms with Crippen molar-refractivity contribution in [2.45, 2.75) is 60.1 Å². The molecule has 0 saturated carbocycles. The molecule has 0 amide bonds. The van der Waals surface area contributed by atoms with Crippen LogP contribution in [0.15, 0.2) is 368 Å². The normalized spacial score (nSPS) is 12.4. The molecule has 14 aromatic rings. The van der Waals surface area contributed by atoms with Crippen LogP contribution < -0.4 is 20.4 Å². The Morgan fingerprint density at radius 1 is 0.260 bits per heavy atom. The average molecular weight is 2140 g/mol. The lowest BCUT2D eigenvalue weighted by molar-refractivity contribution is 0.481. The zero-order valence-corrected chi connectivity index (χ0v) is 82.1. The molecule has 0 bridgehead atoms. The van der Waals surface area contributed by atoms with Crippen molar-refractivity contribution in [3.8, 4) is 0 Å². The summed E-state index contributed by atoms with van der Waals surface area (Å²) >= 11 is 0. The van der Waals surface area contributed by atoms with E-state index in [1.807, 2.05) is 74.2 Å². The molecule has 0 aliphatic carbocycles. The number of hydrogen-bond acceptors (Lipinski definition) is 46. The molecule has 58 heteroatoms. The fourth-order valence-corrected chi connectivity index (χ4v) is 15.1. The maximum atomic E-state index is 12.7. The lowest BCUT2D eigenvalue weighted by Gasteiger charge is -2.35. The van der Waals surface area contributed by atoms with Crippen molar-refractivity contribution < 1.29 is 102 Å². The fourth-order valence-electron chi connectivity index (χ4n) is 12.8. The molecule has 748 valence electrons. The summed E-state index contributed by atoms with van der Waals surface area (Å²) in [4.78, 5) is 32.6. The lowest BCUT2D eigenvalue weighted by atomic mass is 10.1. The molecular weight excluding hydrogens is 2060 g/mol. The third-order valence-electron chi connectivity index (χ3n) is 19.5. The van der Waals surface area contributed by atoms with Crippen LogP contribution in [0.25, 0.3) is 0 Å². The van der Waals surface area contributed by atoms with Gasteiger partial charge in [-0.3, -0.25) is 18.2 Å². The molecule has 1 fully saturated rings. The van der Waals surface area contributed by atoms with Gasteiger partial charge >= 0.3 is 42.4 Å². The minimum atomic E-state index is -4.80. The third-order valence-corrected chi connectivity index (χ3v) is 23.0. The molecule has 1 aliphatic rings. The van der Waals surface area contributed by atoms with Crippen molar-refractivity contribution in [2.75, 3.05) is 46.6 Å². The van der Waals surface area contributed by atoms with Crippen molar-refractivity contribution in [3.63, 3.8) is 0 Å². The standard InChI is InChI=1S/C88H74N26O12S4.4O3S/c1-55-47-59(15-37-75(55)107-103-65-21-17-63(18-22-65)99-101-67-25-33-73(34-26-67)127(115,116)117)51-83-91-84(52-60-16-38-76(56(2)48-60)109-111-79-41-31-71(53-81(79)129(121,122)123)105-97-61-11-7-5-8-12-61)93-87(92-83)113-43-45-114(46-44-113)88-95-85(89-69-29-39-77(57(3)49-69)108-104-66-23-19-64(20-24-66)100-102-68-27-35-74(36-28-68)128(118,119)120)94-86(96-88)90-70-30-40-78(58(4)50-70)110-112-80-42-32-72(54-82(80)130(124,125)126)106-98-62-13-9-6-10-14-62;4*1-4(2)3/h5-42,47-50,53-54H,43-46,51-52H2,1-4H3,(H,115,116,117)(H,118,119,120)(H,121,122,123)(H,124,125,126)(H2,89,90,94,95,96);;;;. The van der Waals surface area contributed by atoms with E-state index in [1.54, 1.807) is 140 Å². The SMILES string of the molecule is Cc1cc(Cc2nc(Cc3ccc(N=Nc4ccc(N=Nc5ccccc5)cc4S(=O)(=O)O)c(C)c3)nc(N3CCN(c4nc(Nc5ccc(N=Nc6ccc(N=Nc7ccc(S(=O)(=O)O)cc7)cc6)c(C)c5)nc(Nc5ccc(N=Nc6ccc(N=Nc7ccccc7)cc6S(=O)(=O)O)c(C)c5)n4)CC3)n2)ccc1N=Nc1ccc(N=Nc2ccc(S(=O)(=O)O)cc2)cc1.O=S(=O)=O.O=S(=O)=O.O=S(=O)=O.O=S(=O)=O. The summed E-state index contributed by atoms with van der Waals surface area (Å²) in [5, 5.41) is 75.3. The average Bonchev–Trinajstić information content (AvgIpc) is 0.803. The van der Waals surface area contributed by atoms with E-state index in [0.29, 0.717) is 140 Å². The van der Waals surface area contributed by atoms with Gasteiger partial charge in [0.25, 0.3) is 40.5 Å². The van der Waals surface area contributed by atoms with Gasteiger partial charge in [0.05, 0.1) is 89.4 Å². The number of aromatic nitrogens is 6. The highest BCUT2D eigenvalue weighted by molar-refractivity contribution is 7.86. The molecule has 0 radical (unpaired) electrons. The van der Waals surface area contributed by atoms with E-state index >= 15 is 0 Å². The first-order valence-corrected chi connectivity index (χ1v) is 51.2. The van der Waals surface area contributed by atoms with Gasteiger partial charge in [0.2, 0.25) is 23.8 Å². The summed E-state index contributed by atoms with van der Waals surface area (Å²) in [6, 6.07) is 71.8. The fraction of sp³-hybridized carbons (Fsp3) is 0.114. The third kappa shape index (κ3) is 35.2. The predicted octanol–water partition coefficient (Wildman–Crippen LogP) is 19.6. The van der Waals surface area contributed by atoms with Crippen LogP contribution in [-0.4, -0.2) is 158 Å². The topological polar surface area (TPSA) is 728 Å². The second-order valence-electron chi connectivity index (χ2n) is 29.9. The van der Waals surface area contributed by atoms with E-state index in [4.69, 9.17) is 80.4 Å². The maximum absolute atomic E-state index is 12.7. The molecule has 6 N–H and O–H groups in total. The summed E-state index contributed by atoms with van der Waals surface area (Å²) in [6.07, 6.45) is 0.524. The highest BCUT2D eigenvalue weighted by Crippen LogP contribution is 2.38. The first-order chi connectivity index (χ1) is 69.4. The van der Waals surface area contributed by atoms with Crippen LogP contribution in [0.4, 0.5) is 126 Å². The molecular formula is C88H74N26O24S8. The maximum Gasteiger partial charge on any atom is 0.425 e. The van der Waals surface area contributed by atoms with E-state index in [9.17, 15) is 51.9 Å². The number of anilines is 6. The van der Waals surface area contributed by atoms with Crippen LogP contribution in [0.3, 0.4) is 0 Å². The van der Waals surface area contributed by atoms with Gasteiger partial charge in [-0.05, 0) is 267 Å². The van der Waals surface area contributed by atoms with E-state index in [0.717, 1.165) is 34.4 Å². The molecule has 1 saturated heterocycles. The predicted molar refractivity (Wildman–Crippen MR) is 524 cm³/mol. The van der Waals surface area contributed by atoms with Gasteiger partial charge in [-0.2, -0.15) is 130 Å². The summed E-state index contributed by atoms with van der Waals surface area (Å²) < 4.78 is 237. The summed E-state index contributed by atoms with van der Waals surface area (Å²) in [6.45, 7) is 8.91. The zero-order chi connectivity index (χ0) is 105. The second kappa shape index (κ2) is 50.9. The smallest absolute Gasteiger partial charge is 0.337 e. The molecule has 2 aromatic heterocycles. The Balaban J connectivity index is 0.00000118. The number of rotatable bonds is 30. The highest BCUT2D eigenvalue weighted by Gasteiger charge is 2.26. The van der Waals surface area contributed by atoms with Crippen LogP contribution in [0.2, 0.25) is 0 Å². The molecule has 12 aromatic carbocycles. The van der Waals surface area contributed by atoms with Crippen LogP contribution in [-0.2, 0) is 95.7 Å². The van der Waals surface area contributed by atoms with Crippen LogP contribution in [0, 0.1) is 27.7 Å². The van der Waals surface area contributed by atoms with Crippen LogP contribution in [0.1, 0.15) is 45.0 Å². The minimum absolute atomic E-state index is 0.124. The highest BCUT2D eigenvalue weighted by atomic mass is 32.2. The Labute approximate surface area is 836 Å². The first-order valence-electron chi connectivity index (χ1n) is 41.4. The summed E-state index contributed by atoms with van der Waals surface area (Å²) in [7, 11) is -30.8. The van der Waals surface area contributed by atoms with E-state index in [2.05, 4.69) is 97.4 Å². The molecule has 50 nitrogen and oxygen atoms in total. The number of piperazine rings is 1. The Bertz CT molecular complexity index is 7890. The van der Waals surface area contributed by atoms with E-state index < -0.39 is 92.7 Å². The Morgan fingerprint density at radius 2 is 0.500 bits per heavy atom. The Hall–Kier alpha value is -17.2. The van der Waals surface area contributed by atoms with Gasteiger partial charge in [0.1, 0.15) is 32.8 Å². The number of benzene rings is 12. The molecule has 146 heavy (non-hydrogen) atoms. The van der Waals surface area contributed by atoms with Crippen LogP contribution >= 0.6 is 0 Å². The summed E-state index contributed by atoms with van der Waals surface area (Å²) in [5.41, 5.74) is 11.5. The lowest BCUT2D eigenvalue weighted by Crippen LogP contribution is -2.48. The molecule has 0 atom stereocenters. The minimum Gasteiger partial charge on any atom is -0.337 e. The van der Waals surface area contributed by atoms with E-state index in [-0.39, 0.29) is 57.3 Å². The quantitative estimate of drug-likeness (QED) is 0.0180. The summed E-state index contributed by atoms with van der Waals surface area (Å²) in [5.74, 6) is 1.96. The molecule has 0 unspecified atom stereocenters. The molecule has 15 rings (SSSR count). The van der Waals surface area contributed by atoms with Gasteiger partial charge in [-0.25, -0.2) is 4.98 Å². The van der Waals surface area contributed by atoms with Gasteiger partial charge < -0.3 is 20.4 Å². The monoisotopic (exact) mass is 2130 g/mol. The number of nitrogens with one attached hydrogen (secondary N) is 2. The van der Waals surface area contributed by atoms with Gasteiger partial charge in [-0.1, -0.05) is 60.7 Å². The van der Waals surface area contributed by atoms with Gasteiger partial charge in [-0.15, -0.1) is 60.7 Å².